The molecule has 9 heteroatoms. The van der Waals surface area contributed by atoms with Crippen LogP contribution in [0.5, 0.6) is 0 Å². The number of hydrogen-bond donors (Lipinski definition) is 2. The molecule has 0 saturated carbocycles. The maximum Gasteiger partial charge on any atom is 0.412 e. The van der Waals surface area contributed by atoms with E-state index >= 15 is 0 Å². The van der Waals surface area contributed by atoms with Gasteiger partial charge in [0.15, 0.2) is 11.5 Å². The topological polar surface area (TPSA) is 74.6 Å². The van der Waals surface area contributed by atoms with Crippen molar-refractivity contribution in [3.8, 4) is 11.1 Å². The second-order valence-electron chi connectivity index (χ2n) is 5.45. The third kappa shape index (κ3) is 2.71. The molecule has 2 aromatic rings. The summed E-state index contributed by atoms with van der Waals surface area (Å²) in [5.74, 6) is -2.37. The molecular weight excluding hydrogens is 342 g/mol. The van der Waals surface area contributed by atoms with Gasteiger partial charge in [-0.1, -0.05) is 18.2 Å². The minimum atomic E-state index is -4.90. The lowest BCUT2D eigenvalue weighted by Crippen LogP contribution is -2.57. The van der Waals surface area contributed by atoms with Gasteiger partial charge in [0.05, 0.1) is 11.9 Å². The zero-order chi connectivity index (χ0) is 18.2. The molecule has 0 radical (unpaired) electrons. The molecule has 1 aromatic heterocycles. The Labute approximate surface area is 139 Å². The molecule has 130 valence electrons. The highest BCUT2D eigenvalue weighted by molar-refractivity contribution is 6.04. The molecule has 0 bridgehead atoms. The fraction of sp³-hybridized carbons (Fsp3) is 0.188. The van der Waals surface area contributed by atoms with Crippen molar-refractivity contribution < 1.29 is 27.5 Å². The van der Waals surface area contributed by atoms with Gasteiger partial charge in [0.1, 0.15) is 5.82 Å². The van der Waals surface area contributed by atoms with E-state index in [1.165, 1.54) is 36.5 Å². The first-order valence-electron chi connectivity index (χ1n) is 7.08. The van der Waals surface area contributed by atoms with E-state index in [0.717, 1.165) is 6.07 Å². The van der Waals surface area contributed by atoms with Crippen LogP contribution in [0.25, 0.3) is 11.1 Å². The molecule has 5 nitrogen and oxygen atoms in total. The van der Waals surface area contributed by atoms with Gasteiger partial charge in [0.25, 0.3) is 0 Å². The van der Waals surface area contributed by atoms with Gasteiger partial charge < -0.3 is 5.11 Å². The lowest BCUT2D eigenvalue weighted by Gasteiger charge is -2.31. The highest BCUT2D eigenvalue weighted by Gasteiger charge is 2.62. The number of pyridine rings is 1. The lowest BCUT2D eigenvalue weighted by molar-refractivity contribution is -0.175. The molecule has 0 aliphatic carbocycles. The SMILES string of the molecule is O=C(O)C1(c2ncccc2-c2cccc(F)c2)C=NNC1C(F)(F)F. The Balaban J connectivity index is 2.27. The van der Waals surface area contributed by atoms with Crippen LogP contribution < -0.4 is 5.43 Å². The normalized spacial score (nSPS) is 22.6. The van der Waals surface area contributed by atoms with Crippen LogP contribution in [0.4, 0.5) is 17.6 Å². The third-order valence-electron chi connectivity index (χ3n) is 3.94. The number of nitrogens with one attached hydrogen (secondary N) is 1. The lowest BCUT2D eigenvalue weighted by atomic mass is 9.75. The fourth-order valence-electron chi connectivity index (χ4n) is 2.82. The van der Waals surface area contributed by atoms with Crippen molar-refractivity contribution >= 4 is 12.2 Å². The Bertz CT molecular complexity index is 853. The summed E-state index contributed by atoms with van der Waals surface area (Å²) in [6, 6.07) is 5.42. The van der Waals surface area contributed by atoms with Crippen LogP contribution in [0, 0.1) is 5.82 Å². The van der Waals surface area contributed by atoms with E-state index in [9.17, 15) is 27.5 Å². The van der Waals surface area contributed by atoms with Crippen LogP contribution in [-0.4, -0.2) is 34.5 Å². The van der Waals surface area contributed by atoms with Gasteiger partial charge in [-0.05, 0) is 23.8 Å². The smallest absolute Gasteiger partial charge is 0.412 e. The second-order valence-corrected chi connectivity index (χ2v) is 5.45. The molecule has 1 aliphatic rings. The number of alkyl halides is 3. The molecule has 25 heavy (non-hydrogen) atoms. The van der Waals surface area contributed by atoms with E-state index in [4.69, 9.17) is 0 Å². The van der Waals surface area contributed by atoms with E-state index in [1.807, 2.05) is 0 Å². The van der Waals surface area contributed by atoms with Crippen molar-refractivity contribution in [3.63, 3.8) is 0 Å². The summed E-state index contributed by atoms with van der Waals surface area (Å²) in [4.78, 5) is 15.8. The molecular formula is C16H11F4N3O2. The summed E-state index contributed by atoms with van der Waals surface area (Å²) in [7, 11) is 0. The number of carboxylic acid groups (broad SMARTS) is 1. The van der Waals surface area contributed by atoms with E-state index < -0.39 is 29.4 Å². The summed E-state index contributed by atoms with van der Waals surface area (Å²) >= 11 is 0. The van der Waals surface area contributed by atoms with Crippen LogP contribution in [0.2, 0.25) is 0 Å². The Morgan fingerprint density at radius 2 is 2.00 bits per heavy atom. The number of hydrazone groups is 1. The van der Waals surface area contributed by atoms with Gasteiger partial charge in [-0.25, -0.2) is 4.39 Å². The number of carbonyl (C=O) groups is 1. The first-order chi connectivity index (χ1) is 11.8. The van der Waals surface area contributed by atoms with Crippen molar-refractivity contribution in [2.24, 2.45) is 5.10 Å². The fourth-order valence-corrected chi connectivity index (χ4v) is 2.82. The molecule has 2 heterocycles. The maximum atomic E-state index is 13.5. The minimum absolute atomic E-state index is 0.0776. The Morgan fingerprint density at radius 3 is 2.64 bits per heavy atom. The van der Waals surface area contributed by atoms with Crippen LogP contribution in [0.15, 0.2) is 47.7 Å². The standard InChI is InChI=1S/C16H11F4N3O2/c17-10-4-1-3-9(7-10)11-5-2-6-21-12(11)15(14(24)25)8-22-23-13(15)16(18,19)20/h1-8,13,23H,(H,24,25). The minimum Gasteiger partial charge on any atom is -0.480 e. The highest BCUT2D eigenvalue weighted by atomic mass is 19.4. The van der Waals surface area contributed by atoms with Crippen molar-refractivity contribution in [2.75, 3.05) is 0 Å². The molecule has 0 amide bonds. The van der Waals surface area contributed by atoms with Gasteiger partial charge >= 0.3 is 12.1 Å². The van der Waals surface area contributed by atoms with Gasteiger partial charge in [-0.15, -0.1) is 0 Å². The maximum absolute atomic E-state index is 13.5. The number of aliphatic carboxylic acids is 1. The number of aromatic nitrogens is 1. The zero-order valence-corrected chi connectivity index (χ0v) is 12.5. The van der Waals surface area contributed by atoms with Crippen molar-refractivity contribution in [2.45, 2.75) is 17.6 Å². The van der Waals surface area contributed by atoms with Crippen molar-refractivity contribution in [1.82, 2.24) is 10.4 Å². The first-order valence-corrected chi connectivity index (χ1v) is 7.08. The molecule has 3 rings (SSSR count). The average Bonchev–Trinajstić information content (AvgIpc) is 3.01. The number of hydrogen-bond acceptors (Lipinski definition) is 4. The summed E-state index contributed by atoms with van der Waals surface area (Å²) in [6.45, 7) is 0. The molecule has 2 atom stereocenters. The van der Waals surface area contributed by atoms with Gasteiger partial charge in [0.2, 0.25) is 0 Å². The molecule has 0 spiro atoms. The van der Waals surface area contributed by atoms with E-state index in [-0.39, 0.29) is 16.8 Å². The largest absolute Gasteiger partial charge is 0.480 e. The Kier molecular flexibility index (Phi) is 3.94. The average molecular weight is 353 g/mol. The van der Waals surface area contributed by atoms with Gasteiger partial charge in [-0.2, -0.15) is 18.3 Å². The highest BCUT2D eigenvalue weighted by Crippen LogP contribution is 2.41. The quantitative estimate of drug-likeness (QED) is 0.832. The number of carboxylic acids is 1. The Morgan fingerprint density at radius 1 is 1.24 bits per heavy atom. The molecule has 0 fully saturated rings. The third-order valence-corrected chi connectivity index (χ3v) is 3.94. The second kappa shape index (κ2) is 5.83. The van der Waals surface area contributed by atoms with Crippen LogP contribution >= 0.6 is 0 Å². The Hall–Kier alpha value is -2.97. The molecule has 2 N–H and O–H groups in total. The monoisotopic (exact) mass is 353 g/mol. The predicted molar refractivity (Wildman–Crippen MR) is 80.4 cm³/mol. The molecule has 0 saturated heterocycles. The number of rotatable bonds is 3. The summed E-state index contributed by atoms with van der Waals surface area (Å²) in [6.07, 6.45) is -3.04. The van der Waals surface area contributed by atoms with Crippen LogP contribution in [0.3, 0.4) is 0 Å². The summed E-state index contributed by atoms with van der Waals surface area (Å²) < 4.78 is 53.7. The first kappa shape index (κ1) is 16.9. The molecule has 1 aromatic carbocycles. The zero-order valence-electron chi connectivity index (χ0n) is 12.5. The van der Waals surface area contributed by atoms with Crippen molar-refractivity contribution in [1.29, 1.82) is 0 Å². The van der Waals surface area contributed by atoms with Crippen LogP contribution in [-0.2, 0) is 10.2 Å². The summed E-state index contributed by atoms with van der Waals surface area (Å²) in [5.41, 5.74) is -0.842. The number of nitrogens with zero attached hydrogens (tertiary/aromatic N) is 2. The van der Waals surface area contributed by atoms with Gasteiger partial charge in [0, 0.05) is 11.8 Å². The van der Waals surface area contributed by atoms with E-state index in [2.05, 4.69) is 10.1 Å². The predicted octanol–water partition coefficient (Wildman–Crippen LogP) is 2.73. The van der Waals surface area contributed by atoms with E-state index in [0.29, 0.717) is 6.21 Å². The summed E-state index contributed by atoms with van der Waals surface area (Å²) in [5, 5.41) is 13.0. The van der Waals surface area contributed by atoms with Crippen molar-refractivity contribution in [3.05, 3.63) is 54.1 Å². The van der Waals surface area contributed by atoms with Crippen LogP contribution in [0.1, 0.15) is 5.69 Å². The molecule has 1 aliphatic heterocycles. The number of halogens is 4. The molecule has 2 unspecified atom stereocenters. The van der Waals surface area contributed by atoms with E-state index in [1.54, 1.807) is 5.43 Å². The van der Waals surface area contributed by atoms with Gasteiger partial charge in [-0.3, -0.25) is 15.2 Å². The number of benzene rings is 1.